The van der Waals surface area contributed by atoms with Crippen LogP contribution in [0.25, 0.3) is 0 Å². The maximum Gasteiger partial charge on any atom is 0.243 e. The maximum absolute atomic E-state index is 12.7. The number of rotatable bonds is 5. The number of nitrogens with one attached hydrogen (secondary N) is 1. The summed E-state index contributed by atoms with van der Waals surface area (Å²) >= 11 is 0. The summed E-state index contributed by atoms with van der Waals surface area (Å²) in [6.07, 6.45) is 1.91. The third-order valence-corrected chi connectivity index (χ3v) is 5.81. The molecule has 0 radical (unpaired) electrons. The summed E-state index contributed by atoms with van der Waals surface area (Å²) in [5.74, 6) is 0.735. The van der Waals surface area contributed by atoms with Crippen molar-refractivity contribution in [1.82, 2.24) is 9.62 Å². The quantitative estimate of drug-likeness (QED) is 0.900. The van der Waals surface area contributed by atoms with E-state index in [-0.39, 0.29) is 6.04 Å². The topological polar surface area (TPSA) is 58.6 Å². The van der Waals surface area contributed by atoms with Gasteiger partial charge in [0.05, 0.1) is 11.5 Å². The molecule has 0 aliphatic carbocycles. The van der Waals surface area contributed by atoms with E-state index in [1.807, 2.05) is 13.8 Å². The van der Waals surface area contributed by atoms with Crippen molar-refractivity contribution < 1.29 is 13.2 Å². The molecule has 1 aromatic carbocycles. The molecule has 1 fully saturated rings. The van der Waals surface area contributed by atoms with Gasteiger partial charge in [-0.1, -0.05) is 0 Å². The second kappa shape index (κ2) is 6.77. The van der Waals surface area contributed by atoms with Crippen LogP contribution in [0.5, 0.6) is 5.75 Å². The van der Waals surface area contributed by atoms with Crippen LogP contribution in [0.1, 0.15) is 25.3 Å². The Morgan fingerprint density at radius 2 is 2.19 bits per heavy atom. The Balaban J connectivity index is 2.24. The molecule has 0 aromatic heterocycles. The third kappa shape index (κ3) is 3.56. The van der Waals surface area contributed by atoms with Crippen molar-refractivity contribution >= 4 is 10.0 Å². The first-order chi connectivity index (χ1) is 9.96. The van der Waals surface area contributed by atoms with Gasteiger partial charge in [0.1, 0.15) is 5.75 Å². The second-order valence-electron chi connectivity index (χ2n) is 5.38. The van der Waals surface area contributed by atoms with Gasteiger partial charge in [0, 0.05) is 19.6 Å². The zero-order chi connectivity index (χ0) is 15.5. The van der Waals surface area contributed by atoms with E-state index >= 15 is 0 Å². The number of piperidine rings is 1. The van der Waals surface area contributed by atoms with Gasteiger partial charge >= 0.3 is 0 Å². The second-order valence-corrected chi connectivity index (χ2v) is 7.38. The molecule has 0 bridgehead atoms. The van der Waals surface area contributed by atoms with Crippen LogP contribution < -0.4 is 10.1 Å². The molecule has 1 heterocycles. The van der Waals surface area contributed by atoms with E-state index in [0.29, 0.717) is 18.0 Å². The minimum Gasteiger partial charge on any atom is -0.494 e. The molecule has 5 nitrogen and oxygen atoms in total. The summed E-state index contributed by atoms with van der Waals surface area (Å²) in [5.41, 5.74) is 0.841. The Morgan fingerprint density at radius 1 is 1.43 bits per heavy atom. The number of nitrogens with zero attached hydrogens (tertiary/aromatic N) is 1. The highest BCUT2D eigenvalue weighted by Gasteiger charge is 2.29. The van der Waals surface area contributed by atoms with E-state index in [1.54, 1.807) is 25.2 Å². The lowest BCUT2D eigenvalue weighted by Gasteiger charge is -2.31. The lowest BCUT2D eigenvalue weighted by atomic mass is 10.1. The standard InChI is InChI=1S/C15H24N2O3S/c1-4-20-15-8-7-14(10-12(15)2)21(18,19)17(3)13-6-5-9-16-11-13/h7-8,10,13,16H,4-6,9,11H2,1-3H3. The molecule has 21 heavy (non-hydrogen) atoms. The van der Waals surface area contributed by atoms with Crippen molar-refractivity contribution in [1.29, 1.82) is 0 Å². The Kier molecular flexibility index (Phi) is 5.24. The molecule has 1 aromatic rings. The van der Waals surface area contributed by atoms with Gasteiger partial charge < -0.3 is 10.1 Å². The van der Waals surface area contributed by atoms with Crippen molar-refractivity contribution in [3.8, 4) is 5.75 Å². The van der Waals surface area contributed by atoms with Crippen molar-refractivity contribution in [3.63, 3.8) is 0 Å². The van der Waals surface area contributed by atoms with E-state index in [1.165, 1.54) is 4.31 Å². The number of sulfonamides is 1. The summed E-state index contributed by atoms with van der Waals surface area (Å²) in [6.45, 7) is 6.03. The normalized spacial score (nSPS) is 19.7. The van der Waals surface area contributed by atoms with Crippen molar-refractivity contribution in [3.05, 3.63) is 23.8 Å². The van der Waals surface area contributed by atoms with Crippen LogP contribution in [0, 0.1) is 6.92 Å². The first-order valence-electron chi connectivity index (χ1n) is 7.39. The van der Waals surface area contributed by atoms with E-state index in [0.717, 1.165) is 30.7 Å². The van der Waals surface area contributed by atoms with Gasteiger partial charge in [-0.05, 0) is 57.0 Å². The highest BCUT2D eigenvalue weighted by Crippen LogP contribution is 2.25. The van der Waals surface area contributed by atoms with Crippen LogP contribution in [-0.4, -0.2) is 45.5 Å². The Labute approximate surface area is 127 Å². The minimum absolute atomic E-state index is 0.0237. The smallest absolute Gasteiger partial charge is 0.243 e. The average molecular weight is 312 g/mol. The zero-order valence-corrected chi connectivity index (χ0v) is 13.7. The highest BCUT2D eigenvalue weighted by molar-refractivity contribution is 7.89. The summed E-state index contributed by atoms with van der Waals surface area (Å²) < 4.78 is 32.4. The molecule has 1 saturated heterocycles. The molecular weight excluding hydrogens is 288 g/mol. The third-order valence-electron chi connectivity index (χ3n) is 3.91. The summed E-state index contributed by atoms with van der Waals surface area (Å²) in [4.78, 5) is 0.330. The van der Waals surface area contributed by atoms with Crippen molar-refractivity contribution in [2.75, 3.05) is 26.7 Å². The number of likely N-dealkylation sites (N-methyl/N-ethyl adjacent to an activating group) is 1. The Morgan fingerprint density at radius 3 is 2.76 bits per heavy atom. The van der Waals surface area contributed by atoms with Crippen molar-refractivity contribution in [2.45, 2.75) is 37.6 Å². The number of ether oxygens (including phenoxy) is 1. The molecule has 6 heteroatoms. The fourth-order valence-electron chi connectivity index (χ4n) is 2.61. The molecule has 0 saturated carbocycles. The fraction of sp³-hybridized carbons (Fsp3) is 0.600. The van der Waals surface area contributed by atoms with Crippen molar-refractivity contribution in [2.24, 2.45) is 0 Å². The largest absolute Gasteiger partial charge is 0.494 e. The van der Waals surface area contributed by atoms with Gasteiger partial charge in [0.25, 0.3) is 0 Å². The lowest BCUT2D eigenvalue weighted by Crippen LogP contribution is -2.46. The summed E-state index contributed by atoms with van der Waals surface area (Å²) in [6, 6.07) is 5.07. The van der Waals surface area contributed by atoms with E-state index in [4.69, 9.17) is 4.74 Å². The van der Waals surface area contributed by atoms with Crippen LogP contribution >= 0.6 is 0 Å². The molecule has 1 unspecified atom stereocenters. The molecule has 2 rings (SSSR count). The van der Waals surface area contributed by atoms with E-state index < -0.39 is 10.0 Å². The van der Waals surface area contributed by atoms with Crippen LogP contribution in [0.3, 0.4) is 0 Å². The highest BCUT2D eigenvalue weighted by atomic mass is 32.2. The zero-order valence-electron chi connectivity index (χ0n) is 12.9. The Hall–Kier alpha value is -1.11. The van der Waals surface area contributed by atoms with Gasteiger partial charge in [-0.15, -0.1) is 0 Å². The summed E-state index contributed by atoms with van der Waals surface area (Å²) in [5, 5.41) is 3.25. The van der Waals surface area contributed by atoms with Crippen LogP contribution in [0.4, 0.5) is 0 Å². The predicted octanol–water partition coefficient (Wildman–Crippen LogP) is 1.77. The van der Waals surface area contributed by atoms with Gasteiger partial charge in [0.2, 0.25) is 10.0 Å². The van der Waals surface area contributed by atoms with Gasteiger partial charge in [-0.25, -0.2) is 8.42 Å². The summed E-state index contributed by atoms with van der Waals surface area (Å²) in [7, 11) is -1.79. The predicted molar refractivity (Wildman–Crippen MR) is 83.2 cm³/mol. The first-order valence-corrected chi connectivity index (χ1v) is 8.83. The molecule has 0 spiro atoms. The molecule has 1 atom stereocenters. The molecule has 1 aliphatic heterocycles. The maximum atomic E-state index is 12.7. The van der Waals surface area contributed by atoms with Gasteiger partial charge in [-0.2, -0.15) is 4.31 Å². The molecule has 118 valence electrons. The number of hydrogen-bond donors (Lipinski definition) is 1. The molecular formula is C15H24N2O3S. The minimum atomic E-state index is -3.46. The number of aryl methyl sites for hydroxylation is 1. The number of benzene rings is 1. The fourth-order valence-corrected chi connectivity index (χ4v) is 4.08. The average Bonchev–Trinajstić information content (AvgIpc) is 2.49. The Bertz CT molecular complexity index is 581. The van der Waals surface area contributed by atoms with E-state index in [9.17, 15) is 8.42 Å². The number of hydrogen-bond acceptors (Lipinski definition) is 4. The van der Waals surface area contributed by atoms with Crippen LogP contribution in [0.15, 0.2) is 23.1 Å². The molecule has 0 amide bonds. The van der Waals surface area contributed by atoms with Gasteiger partial charge in [0.15, 0.2) is 0 Å². The van der Waals surface area contributed by atoms with Crippen LogP contribution in [-0.2, 0) is 10.0 Å². The SMILES string of the molecule is CCOc1ccc(S(=O)(=O)N(C)C2CCCNC2)cc1C. The monoisotopic (exact) mass is 312 g/mol. The first kappa shape index (κ1) is 16.3. The lowest BCUT2D eigenvalue weighted by molar-refractivity contribution is 0.300. The van der Waals surface area contributed by atoms with E-state index in [2.05, 4.69) is 5.32 Å². The molecule has 1 N–H and O–H groups in total. The molecule has 1 aliphatic rings. The van der Waals surface area contributed by atoms with Gasteiger partial charge in [-0.3, -0.25) is 0 Å². The van der Waals surface area contributed by atoms with Crippen LogP contribution in [0.2, 0.25) is 0 Å².